The summed E-state index contributed by atoms with van der Waals surface area (Å²) in [5, 5.41) is 0.695. The third kappa shape index (κ3) is 2.72. The number of fused-ring (bicyclic) bond motifs is 6. The fraction of sp³-hybridized carbons (Fsp3) is 0.167. The molecule has 1 aliphatic rings. The number of hydrogen-bond donors (Lipinski definition) is 1. The fourth-order valence-corrected chi connectivity index (χ4v) is 3.80. The van der Waals surface area contributed by atoms with E-state index in [0.29, 0.717) is 44.9 Å². The van der Waals surface area contributed by atoms with Crippen LogP contribution >= 0.6 is 0 Å². The molecule has 149 valence electrons. The molecule has 5 rings (SSSR count). The summed E-state index contributed by atoms with van der Waals surface area (Å²) in [7, 11) is 0. The minimum atomic E-state index is -0.693. The van der Waals surface area contributed by atoms with Crippen molar-refractivity contribution in [3.05, 3.63) is 74.4 Å². The van der Waals surface area contributed by atoms with Crippen LogP contribution in [0.25, 0.3) is 39.1 Å². The molecule has 0 atom stereocenters. The standard InChI is InChI=1S/C24H18NO5/c1-12-10-17(26)20-21(28-12)15-8-9-24(2,3)30-22(15)19-16(11-18(27)29-23(19)20)13-4-6-14(25)7-5-13/h4-10H,25H2,1-3H3. The molecule has 4 aromatic rings. The second-order valence-electron chi connectivity index (χ2n) is 7.92. The van der Waals surface area contributed by atoms with Gasteiger partial charge < -0.3 is 19.3 Å². The van der Waals surface area contributed by atoms with Gasteiger partial charge in [-0.2, -0.15) is 0 Å². The minimum absolute atomic E-state index is 0.124. The number of nitrogens with two attached hydrogens (primary N) is 1. The first-order valence-corrected chi connectivity index (χ1v) is 9.48. The molecule has 0 spiro atoms. The van der Waals surface area contributed by atoms with Crippen molar-refractivity contribution < 1.29 is 13.6 Å². The first-order valence-electron chi connectivity index (χ1n) is 9.48. The number of ether oxygens (including phenoxy) is 1. The summed E-state index contributed by atoms with van der Waals surface area (Å²) in [4.78, 5) is 25.3. The van der Waals surface area contributed by atoms with Crippen LogP contribution in [0.1, 0.15) is 25.2 Å². The highest BCUT2D eigenvalue weighted by Crippen LogP contribution is 2.45. The summed E-state index contributed by atoms with van der Waals surface area (Å²) in [6.45, 7) is 5.53. The molecule has 1 radical (unpaired) electrons. The number of rotatable bonds is 1. The van der Waals surface area contributed by atoms with Crippen LogP contribution in [-0.2, 0) is 0 Å². The Kier molecular flexibility index (Phi) is 3.71. The molecule has 0 amide bonds. The van der Waals surface area contributed by atoms with Crippen LogP contribution in [0.2, 0.25) is 0 Å². The molecule has 2 N–H and O–H groups in total. The third-order valence-corrected chi connectivity index (χ3v) is 5.13. The Morgan fingerprint density at radius 1 is 1.00 bits per heavy atom. The molecule has 3 heterocycles. The summed E-state index contributed by atoms with van der Waals surface area (Å²) in [6, 6.07) is 11.2. The fourth-order valence-electron chi connectivity index (χ4n) is 3.80. The van der Waals surface area contributed by atoms with Gasteiger partial charge in [0.15, 0.2) is 16.6 Å². The second kappa shape index (κ2) is 6.10. The zero-order valence-electron chi connectivity index (χ0n) is 16.7. The molecule has 0 fully saturated rings. The summed E-state index contributed by atoms with van der Waals surface area (Å²) in [5.74, 6) is 0.932. The zero-order chi connectivity index (χ0) is 21.2. The van der Waals surface area contributed by atoms with Crippen molar-refractivity contribution in [1.29, 1.82) is 0 Å². The number of aryl methyl sites for hydroxylation is 1. The smallest absolute Gasteiger partial charge is 0.345 e. The predicted molar refractivity (Wildman–Crippen MR) is 116 cm³/mol. The maximum Gasteiger partial charge on any atom is 0.345 e. The van der Waals surface area contributed by atoms with E-state index in [1.165, 1.54) is 6.07 Å². The van der Waals surface area contributed by atoms with Crippen LogP contribution in [0.15, 0.2) is 54.8 Å². The van der Waals surface area contributed by atoms with Crippen LogP contribution in [-0.4, -0.2) is 5.60 Å². The number of benzene rings is 2. The van der Waals surface area contributed by atoms with Crippen LogP contribution < -0.4 is 21.5 Å². The molecule has 1 aliphatic heterocycles. The quantitative estimate of drug-likeness (QED) is 0.288. The lowest BCUT2D eigenvalue weighted by Gasteiger charge is -2.29. The van der Waals surface area contributed by atoms with Crippen LogP contribution in [0.4, 0.5) is 5.69 Å². The van der Waals surface area contributed by atoms with E-state index in [1.54, 1.807) is 31.2 Å². The van der Waals surface area contributed by atoms with Crippen LogP contribution in [0.5, 0.6) is 5.75 Å². The van der Waals surface area contributed by atoms with Crippen molar-refractivity contribution in [1.82, 2.24) is 0 Å². The minimum Gasteiger partial charge on any atom is -0.482 e. The van der Waals surface area contributed by atoms with E-state index < -0.39 is 11.2 Å². The highest BCUT2D eigenvalue weighted by atomic mass is 16.5. The molecular formula is C24H18NO5. The van der Waals surface area contributed by atoms with Crippen molar-refractivity contribution in [2.75, 3.05) is 5.73 Å². The van der Waals surface area contributed by atoms with E-state index in [2.05, 4.69) is 6.07 Å². The molecule has 0 unspecified atom stereocenters. The molecule has 6 nitrogen and oxygen atoms in total. The van der Waals surface area contributed by atoms with E-state index in [-0.39, 0.29) is 16.4 Å². The predicted octanol–water partition coefficient (Wildman–Crippen LogP) is 4.44. The number of hydrogen-bond acceptors (Lipinski definition) is 6. The third-order valence-electron chi connectivity index (χ3n) is 5.13. The maximum absolute atomic E-state index is 12.9. The molecule has 0 bridgehead atoms. The first-order chi connectivity index (χ1) is 14.2. The molecule has 0 saturated heterocycles. The van der Waals surface area contributed by atoms with Gasteiger partial charge in [0.2, 0.25) is 0 Å². The van der Waals surface area contributed by atoms with Gasteiger partial charge in [-0.25, -0.2) is 4.79 Å². The maximum atomic E-state index is 12.9. The van der Waals surface area contributed by atoms with Gasteiger partial charge in [0, 0.05) is 17.3 Å². The monoisotopic (exact) mass is 400 g/mol. The van der Waals surface area contributed by atoms with Gasteiger partial charge in [-0.3, -0.25) is 4.79 Å². The summed E-state index contributed by atoms with van der Waals surface area (Å²) in [6.07, 6.45) is 3.77. The lowest BCUT2D eigenvalue weighted by molar-refractivity contribution is 0.161. The van der Waals surface area contributed by atoms with E-state index in [4.69, 9.17) is 19.3 Å². The van der Waals surface area contributed by atoms with E-state index in [9.17, 15) is 9.59 Å². The second-order valence-corrected chi connectivity index (χ2v) is 7.92. The van der Waals surface area contributed by atoms with Crippen molar-refractivity contribution in [2.24, 2.45) is 0 Å². The molecule has 30 heavy (non-hydrogen) atoms. The molecule has 6 heteroatoms. The van der Waals surface area contributed by atoms with Gasteiger partial charge in [0.25, 0.3) is 0 Å². The normalized spacial score (nSPS) is 14.6. The highest BCUT2D eigenvalue weighted by Gasteiger charge is 2.30. The Morgan fingerprint density at radius 3 is 2.47 bits per heavy atom. The summed E-state index contributed by atoms with van der Waals surface area (Å²) >= 11 is 0. The van der Waals surface area contributed by atoms with Crippen molar-refractivity contribution in [2.45, 2.75) is 26.4 Å². The summed E-state index contributed by atoms with van der Waals surface area (Å²) < 4.78 is 17.7. The van der Waals surface area contributed by atoms with Crippen molar-refractivity contribution in [3.63, 3.8) is 0 Å². The van der Waals surface area contributed by atoms with Gasteiger partial charge in [0.05, 0.1) is 17.0 Å². The first kappa shape index (κ1) is 18.2. The molecule has 2 aromatic heterocycles. The average Bonchev–Trinajstić information content (AvgIpc) is 2.66. The van der Waals surface area contributed by atoms with Crippen molar-refractivity contribution >= 4 is 33.7 Å². The van der Waals surface area contributed by atoms with Gasteiger partial charge >= 0.3 is 5.63 Å². The Bertz CT molecular complexity index is 1490. The van der Waals surface area contributed by atoms with E-state index >= 15 is 0 Å². The lowest BCUT2D eigenvalue weighted by Crippen LogP contribution is -2.28. The molecular weight excluding hydrogens is 382 g/mol. The largest absolute Gasteiger partial charge is 0.482 e. The SMILES string of the molecule is Cc1cc(=O)c2c(o1)c1c(c3c(-c4ccc(N)cc4)[c]c(=O)oc32)OC(C)(C)C=C1. The molecule has 0 saturated carbocycles. The molecule has 2 aromatic carbocycles. The van der Waals surface area contributed by atoms with Crippen LogP contribution in [0.3, 0.4) is 0 Å². The van der Waals surface area contributed by atoms with E-state index in [0.717, 1.165) is 0 Å². The molecule has 0 aliphatic carbocycles. The van der Waals surface area contributed by atoms with Gasteiger partial charge in [-0.1, -0.05) is 12.1 Å². The Morgan fingerprint density at radius 2 is 1.73 bits per heavy atom. The Balaban J connectivity index is 2.06. The zero-order valence-corrected chi connectivity index (χ0v) is 16.7. The number of anilines is 1. The summed E-state index contributed by atoms with van der Waals surface area (Å²) in [5.41, 5.74) is 7.08. The van der Waals surface area contributed by atoms with Gasteiger partial charge in [0.1, 0.15) is 22.5 Å². The van der Waals surface area contributed by atoms with E-state index in [1.807, 2.05) is 26.0 Å². The average molecular weight is 400 g/mol. The lowest BCUT2D eigenvalue weighted by atomic mass is 9.93. The Labute approximate surface area is 171 Å². The van der Waals surface area contributed by atoms with Crippen molar-refractivity contribution in [3.8, 4) is 16.9 Å². The Hall–Kier alpha value is -3.80. The van der Waals surface area contributed by atoms with Gasteiger partial charge in [-0.15, -0.1) is 0 Å². The van der Waals surface area contributed by atoms with Gasteiger partial charge in [-0.05, 0) is 50.6 Å². The highest BCUT2D eigenvalue weighted by molar-refractivity contribution is 6.14. The van der Waals surface area contributed by atoms with Crippen LogP contribution in [0, 0.1) is 13.0 Å². The number of nitrogen functional groups attached to an aromatic ring is 1. The topological polar surface area (TPSA) is 95.7 Å².